The number of allylic oxidation sites excluding steroid dienone is 4. The van der Waals surface area contributed by atoms with Crippen molar-refractivity contribution in [1.82, 2.24) is 0 Å². The quantitative estimate of drug-likeness (QED) is 0.131. The number of terminal acetylenes is 2. The number of aliphatic hydroxyl groups excluding tert-OH is 2. The van der Waals surface area contributed by atoms with Gasteiger partial charge in [0.2, 0.25) is 0 Å². The van der Waals surface area contributed by atoms with Crippen LogP contribution in [0.5, 0.6) is 0 Å². The molecule has 2 N–H and O–H groups in total. The van der Waals surface area contributed by atoms with Crippen molar-refractivity contribution >= 4 is 0 Å². The Balaban J connectivity index is 3.33. The van der Waals surface area contributed by atoms with Gasteiger partial charge in [0, 0.05) is 12.8 Å². The van der Waals surface area contributed by atoms with E-state index in [9.17, 15) is 10.2 Å². The van der Waals surface area contributed by atoms with Crippen LogP contribution in [0.3, 0.4) is 0 Å². The molecule has 0 aliphatic heterocycles. The van der Waals surface area contributed by atoms with Gasteiger partial charge in [-0.25, -0.2) is 0 Å². The van der Waals surface area contributed by atoms with Gasteiger partial charge >= 0.3 is 0 Å². The average Bonchev–Trinajstić information content (AvgIpc) is 2.81. The molecule has 0 aliphatic carbocycles. The van der Waals surface area contributed by atoms with Crippen LogP contribution in [0.25, 0.3) is 0 Å². The molecule has 0 heterocycles. The van der Waals surface area contributed by atoms with Crippen molar-refractivity contribution in [3.05, 3.63) is 36.5 Å². The summed E-state index contributed by atoms with van der Waals surface area (Å²) in [5, 5.41) is 18.4. The Kier molecular flexibility index (Phi) is 23.4. The summed E-state index contributed by atoms with van der Waals surface area (Å²) in [6.07, 6.45) is 39.2. The number of hydrogen-bond acceptors (Lipinski definition) is 2. The Morgan fingerprint density at radius 1 is 0.531 bits per heavy atom. The first-order chi connectivity index (χ1) is 15.7. The molecule has 0 saturated carbocycles. The van der Waals surface area contributed by atoms with Crippen molar-refractivity contribution in [3.8, 4) is 36.5 Å². The van der Waals surface area contributed by atoms with E-state index in [4.69, 9.17) is 12.8 Å². The lowest BCUT2D eigenvalue weighted by Crippen LogP contribution is -1.95. The summed E-state index contributed by atoms with van der Waals surface area (Å²) in [6.45, 7) is 0. The highest BCUT2D eigenvalue weighted by molar-refractivity contribution is 5.07. The van der Waals surface area contributed by atoms with Crippen molar-refractivity contribution in [2.24, 2.45) is 0 Å². The monoisotopic (exact) mass is 436 g/mol. The maximum absolute atomic E-state index is 9.20. The van der Waals surface area contributed by atoms with Crippen molar-refractivity contribution in [3.63, 3.8) is 0 Å². The van der Waals surface area contributed by atoms with Gasteiger partial charge in [0.15, 0.2) is 0 Å². The molecule has 0 unspecified atom stereocenters. The maximum atomic E-state index is 9.20. The van der Waals surface area contributed by atoms with Crippen LogP contribution in [-0.4, -0.2) is 22.4 Å². The molecule has 2 atom stereocenters. The summed E-state index contributed by atoms with van der Waals surface area (Å²) >= 11 is 0. The van der Waals surface area contributed by atoms with Gasteiger partial charge in [-0.3, -0.25) is 0 Å². The zero-order valence-electron chi connectivity index (χ0n) is 20.0. The molecule has 0 rings (SSSR count). The molecule has 0 aliphatic rings. The molecule has 0 saturated heterocycles. The van der Waals surface area contributed by atoms with E-state index in [1.165, 1.54) is 64.2 Å². The second-order valence-electron chi connectivity index (χ2n) is 8.11. The first-order valence-corrected chi connectivity index (χ1v) is 12.4. The van der Waals surface area contributed by atoms with Gasteiger partial charge in [0.05, 0.1) is 0 Å². The highest BCUT2D eigenvalue weighted by Crippen LogP contribution is 2.10. The first kappa shape index (κ1) is 29.8. The molecule has 176 valence electrons. The minimum Gasteiger partial charge on any atom is -0.377 e. The summed E-state index contributed by atoms with van der Waals surface area (Å²) in [5.41, 5.74) is 0. The van der Waals surface area contributed by atoms with Gasteiger partial charge in [0.1, 0.15) is 12.2 Å². The highest BCUT2D eigenvalue weighted by atomic mass is 16.3. The normalized spacial score (nSPS) is 13.1. The Morgan fingerprint density at radius 3 is 1.47 bits per heavy atom. The third-order valence-corrected chi connectivity index (χ3v) is 5.15. The summed E-state index contributed by atoms with van der Waals surface area (Å²) in [5.74, 6) is 11.1. The topological polar surface area (TPSA) is 40.5 Å². The van der Waals surface area contributed by atoms with Crippen LogP contribution in [0, 0.1) is 36.5 Å². The summed E-state index contributed by atoms with van der Waals surface area (Å²) in [7, 11) is 0. The zero-order chi connectivity index (χ0) is 23.5. The van der Waals surface area contributed by atoms with E-state index in [0.29, 0.717) is 0 Å². The number of unbranched alkanes of at least 4 members (excludes halogenated alkanes) is 13. The molecular weight excluding hydrogens is 392 g/mol. The van der Waals surface area contributed by atoms with Crippen LogP contribution in [0.15, 0.2) is 36.5 Å². The fourth-order valence-electron chi connectivity index (χ4n) is 3.22. The SMILES string of the molecule is C#C[C@@H](O)/C=C/CCCCCCC#CC/C=C\CCCCCCCCC/C=C/[C@H](O)C#C. The Bertz CT molecular complexity index is 645. The van der Waals surface area contributed by atoms with E-state index >= 15 is 0 Å². The van der Waals surface area contributed by atoms with E-state index in [1.807, 2.05) is 12.2 Å². The number of hydrogen-bond donors (Lipinski definition) is 2. The van der Waals surface area contributed by atoms with E-state index in [2.05, 4.69) is 35.8 Å². The minimum atomic E-state index is -0.740. The molecular formula is C30H44O2. The summed E-state index contributed by atoms with van der Waals surface area (Å²) < 4.78 is 0. The molecule has 2 heteroatoms. The Morgan fingerprint density at radius 2 is 0.969 bits per heavy atom. The van der Waals surface area contributed by atoms with Gasteiger partial charge < -0.3 is 10.2 Å². The van der Waals surface area contributed by atoms with E-state index in [0.717, 1.165) is 38.5 Å². The smallest absolute Gasteiger partial charge is 0.133 e. The lowest BCUT2D eigenvalue weighted by atomic mass is 10.1. The average molecular weight is 437 g/mol. The lowest BCUT2D eigenvalue weighted by molar-refractivity contribution is 0.280. The van der Waals surface area contributed by atoms with Crippen LogP contribution in [0.2, 0.25) is 0 Å². The van der Waals surface area contributed by atoms with Crippen molar-refractivity contribution in [2.75, 3.05) is 0 Å². The minimum absolute atomic E-state index is 0.729. The van der Waals surface area contributed by atoms with Crippen molar-refractivity contribution in [2.45, 2.75) is 115 Å². The lowest BCUT2D eigenvalue weighted by Gasteiger charge is -2.00. The fourth-order valence-corrected chi connectivity index (χ4v) is 3.22. The van der Waals surface area contributed by atoms with Crippen molar-refractivity contribution < 1.29 is 10.2 Å². The number of aliphatic hydroxyl groups is 2. The molecule has 0 amide bonds. The van der Waals surface area contributed by atoms with Crippen molar-refractivity contribution in [1.29, 1.82) is 0 Å². The van der Waals surface area contributed by atoms with Gasteiger partial charge in [-0.2, -0.15) is 0 Å². The molecule has 0 fully saturated rings. The Hall–Kier alpha value is -2.18. The third kappa shape index (κ3) is 24.1. The van der Waals surface area contributed by atoms with Crippen LogP contribution >= 0.6 is 0 Å². The van der Waals surface area contributed by atoms with Gasteiger partial charge in [-0.05, 0) is 57.1 Å². The molecule has 2 nitrogen and oxygen atoms in total. The van der Waals surface area contributed by atoms with Crippen LogP contribution in [0.4, 0.5) is 0 Å². The molecule has 0 aromatic carbocycles. The largest absolute Gasteiger partial charge is 0.377 e. The van der Waals surface area contributed by atoms with Crippen LogP contribution < -0.4 is 0 Å². The third-order valence-electron chi connectivity index (χ3n) is 5.15. The highest BCUT2D eigenvalue weighted by Gasteiger charge is 1.93. The van der Waals surface area contributed by atoms with E-state index in [1.54, 1.807) is 12.2 Å². The molecule has 32 heavy (non-hydrogen) atoms. The first-order valence-electron chi connectivity index (χ1n) is 12.4. The summed E-state index contributed by atoms with van der Waals surface area (Å²) in [4.78, 5) is 0. The fraction of sp³-hybridized carbons (Fsp3) is 0.600. The van der Waals surface area contributed by atoms with Gasteiger partial charge in [-0.15, -0.1) is 18.8 Å². The second kappa shape index (κ2) is 25.1. The van der Waals surface area contributed by atoms with E-state index < -0.39 is 12.2 Å². The van der Waals surface area contributed by atoms with Crippen LogP contribution in [0.1, 0.15) is 103 Å². The zero-order valence-corrected chi connectivity index (χ0v) is 20.0. The van der Waals surface area contributed by atoms with Gasteiger partial charge in [-0.1, -0.05) is 87.0 Å². The predicted octanol–water partition coefficient (Wildman–Crippen LogP) is 6.89. The predicted molar refractivity (Wildman–Crippen MR) is 139 cm³/mol. The molecule has 0 bridgehead atoms. The molecule has 0 aromatic heterocycles. The van der Waals surface area contributed by atoms with Gasteiger partial charge in [0.25, 0.3) is 0 Å². The molecule has 0 radical (unpaired) electrons. The number of rotatable bonds is 19. The second-order valence-corrected chi connectivity index (χ2v) is 8.11. The standard InChI is InChI=1S/C30H44O2/c1-3-29(31)27-25-23-21-19-17-15-13-11-9-7-5-6-8-10-12-14-16-18-20-22-24-26-28-30(32)4-2/h1-2,5-6,25-32H,7-9,11,13-24H2/b6-5-,27-25+,28-26+/t29-,30-/m1/s1. The molecule has 0 spiro atoms. The maximum Gasteiger partial charge on any atom is 0.133 e. The Labute approximate surface area is 198 Å². The molecule has 0 aromatic rings. The summed E-state index contributed by atoms with van der Waals surface area (Å²) in [6, 6.07) is 0. The van der Waals surface area contributed by atoms with Crippen LogP contribution in [-0.2, 0) is 0 Å². The van der Waals surface area contributed by atoms with E-state index in [-0.39, 0.29) is 0 Å².